The van der Waals surface area contributed by atoms with Crippen molar-refractivity contribution < 1.29 is 9.18 Å². The maximum Gasteiger partial charge on any atom is 0.223 e. The van der Waals surface area contributed by atoms with Crippen LogP contribution in [-0.2, 0) is 11.2 Å². The number of H-pyrrole nitrogens is 1. The number of carbonyl (C=O) groups excluding carboxylic acids is 1. The molecule has 128 valence electrons. The maximum atomic E-state index is 13.4. The van der Waals surface area contributed by atoms with E-state index in [0.717, 1.165) is 36.3 Å². The Morgan fingerprint density at radius 1 is 1.28 bits per heavy atom. The Morgan fingerprint density at radius 3 is 2.96 bits per heavy atom. The van der Waals surface area contributed by atoms with Crippen LogP contribution < -0.4 is 0 Å². The monoisotopic (exact) mass is 338 g/mol. The summed E-state index contributed by atoms with van der Waals surface area (Å²) in [5.41, 5.74) is 2.51. The molecule has 4 rings (SSSR count). The van der Waals surface area contributed by atoms with E-state index in [1.165, 1.54) is 12.1 Å². The van der Waals surface area contributed by atoms with E-state index in [2.05, 4.69) is 15.0 Å². The Morgan fingerprint density at radius 2 is 2.12 bits per heavy atom. The molecule has 1 atom stereocenters. The summed E-state index contributed by atoms with van der Waals surface area (Å²) in [7, 11) is 0. The maximum absolute atomic E-state index is 13.4. The van der Waals surface area contributed by atoms with Gasteiger partial charge in [-0.1, -0.05) is 0 Å². The molecule has 0 bridgehead atoms. The average molecular weight is 338 g/mol. The number of halogens is 1. The lowest BCUT2D eigenvalue weighted by atomic mass is 10.1. The molecule has 2 aromatic heterocycles. The summed E-state index contributed by atoms with van der Waals surface area (Å²) in [5.74, 6) is 0.584. The van der Waals surface area contributed by atoms with Crippen LogP contribution >= 0.6 is 0 Å². The minimum absolute atomic E-state index is 0.0552. The van der Waals surface area contributed by atoms with Crippen molar-refractivity contribution in [3.63, 3.8) is 0 Å². The molecule has 0 radical (unpaired) electrons. The fourth-order valence-corrected chi connectivity index (χ4v) is 3.45. The molecular formula is C19H19FN4O. The van der Waals surface area contributed by atoms with Gasteiger partial charge in [-0.15, -0.1) is 0 Å². The second-order valence-corrected chi connectivity index (χ2v) is 6.38. The van der Waals surface area contributed by atoms with Gasteiger partial charge < -0.3 is 9.88 Å². The van der Waals surface area contributed by atoms with Crippen molar-refractivity contribution in [2.24, 2.45) is 0 Å². The highest BCUT2D eigenvalue weighted by atomic mass is 19.1. The lowest BCUT2D eigenvalue weighted by Crippen LogP contribution is -2.31. The molecule has 0 spiro atoms. The summed E-state index contributed by atoms with van der Waals surface area (Å²) >= 11 is 0. The van der Waals surface area contributed by atoms with Crippen molar-refractivity contribution in [3.05, 3.63) is 59.9 Å². The van der Waals surface area contributed by atoms with Crippen LogP contribution in [0.2, 0.25) is 0 Å². The Hall–Kier alpha value is -2.76. The highest BCUT2D eigenvalue weighted by molar-refractivity contribution is 5.78. The van der Waals surface area contributed by atoms with Crippen LogP contribution in [0.3, 0.4) is 0 Å². The number of carbonyl (C=O) groups is 1. The standard InChI is InChI=1S/C19H19FN4O/c20-14-4-5-15-16(12-14)23-19(22-15)17-2-1-11-24(17)18(25)6-3-13-7-9-21-10-8-13/h4-5,7-10,12,17H,1-3,6,11H2,(H,22,23)/t17-/m1/s1. The minimum Gasteiger partial charge on any atom is -0.340 e. The molecule has 3 aromatic rings. The number of amides is 1. The van der Waals surface area contributed by atoms with Gasteiger partial charge in [-0.05, 0) is 55.2 Å². The van der Waals surface area contributed by atoms with Crippen LogP contribution in [0.1, 0.15) is 36.7 Å². The zero-order chi connectivity index (χ0) is 17.2. The molecular weight excluding hydrogens is 319 g/mol. The molecule has 1 aliphatic rings. The Labute approximate surface area is 144 Å². The first-order valence-electron chi connectivity index (χ1n) is 8.54. The zero-order valence-corrected chi connectivity index (χ0v) is 13.8. The third kappa shape index (κ3) is 3.24. The lowest BCUT2D eigenvalue weighted by Gasteiger charge is -2.23. The number of aryl methyl sites for hydroxylation is 1. The Balaban J connectivity index is 1.50. The van der Waals surface area contributed by atoms with Crippen molar-refractivity contribution in [2.75, 3.05) is 6.54 Å². The minimum atomic E-state index is -0.292. The first-order chi connectivity index (χ1) is 12.2. The van der Waals surface area contributed by atoms with E-state index in [-0.39, 0.29) is 17.8 Å². The molecule has 1 aromatic carbocycles. The molecule has 6 heteroatoms. The van der Waals surface area contributed by atoms with E-state index in [0.29, 0.717) is 18.4 Å². The Kier molecular flexibility index (Phi) is 4.17. The SMILES string of the molecule is O=C(CCc1ccncc1)N1CCC[C@@H]1c1nc2ccc(F)cc2[nH]1. The molecule has 0 saturated carbocycles. The number of nitrogens with one attached hydrogen (secondary N) is 1. The number of nitrogens with zero attached hydrogens (tertiary/aromatic N) is 3. The van der Waals surface area contributed by atoms with Gasteiger partial charge in [0.2, 0.25) is 5.91 Å². The third-order valence-corrected chi connectivity index (χ3v) is 4.73. The molecule has 1 saturated heterocycles. The molecule has 1 N–H and O–H groups in total. The van der Waals surface area contributed by atoms with Crippen LogP contribution in [0.25, 0.3) is 11.0 Å². The van der Waals surface area contributed by atoms with Crippen LogP contribution in [0.5, 0.6) is 0 Å². The van der Waals surface area contributed by atoms with Crippen LogP contribution in [0, 0.1) is 5.82 Å². The van der Waals surface area contributed by atoms with Gasteiger partial charge in [-0.2, -0.15) is 0 Å². The van der Waals surface area contributed by atoms with Gasteiger partial charge in [0.05, 0.1) is 17.1 Å². The Bertz CT molecular complexity index is 893. The average Bonchev–Trinajstić information content (AvgIpc) is 3.26. The van der Waals surface area contributed by atoms with Crippen molar-refractivity contribution in [1.82, 2.24) is 19.9 Å². The number of pyridine rings is 1. The zero-order valence-electron chi connectivity index (χ0n) is 13.8. The van der Waals surface area contributed by atoms with Crippen molar-refractivity contribution in [1.29, 1.82) is 0 Å². The summed E-state index contributed by atoms with van der Waals surface area (Å²) in [6.07, 6.45) is 6.49. The summed E-state index contributed by atoms with van der Waals surface area (Å²) in [6.45, 7) is 0.741. The van der Waals surface area contributed by atoms with Crippen LogP contribution in [0.4, 0.5) is 4.39 Å². The van der Waals surface area contributed by atoms with Crippen molar-refractivity contribution in [3.8, 4) is 0 Å². The van der Waals surface area contributed by atoms with Gasteiger partial charge in [0.15, 0.2) is 0 Å². The molecule has 0 unspecified atom stereocenters. The van der Waals surface area contributed by atoms with Gasteiger partial charge in [0.1, 0.15) is 11.6 Å². The molecule has 1 amide bonds. The number of hydrogen-bond donors (Lipinski definition) is 1. The van der Waals surface area contributed by atoms with E-state index in [1.54, 1.807) is 18.5 Å². The summed E-state index contributed by atoms with van der Waals surface area (Å²) in [5, 5.41) is 0. The molecule has 5 nitrogen and oxygen atoms in total. The van der Waals surface area contributed by atoms with E-state index in [4.69, 9.17) is 0 Å². The topological polar surface area (TPSA) is 61.9 Å². The van der Waals surface area contributed by atoms with Gasteiger partial charge in [0, 0.05) is 25.4 Å². The molecule has 0 aliphatic carbocycles. The summed E-state index contributed by atoms with van der Waals surface area (Å²) in [4.78, 5) is 26.3. The molecule has 25 heavy (non-hydrogen) atoms. The van der Waals surface area contributed by atoms with Gasteiger partial charge >= 0.3 is 0 Å². The first kappa shape index (κ1) is 15.7. The number of rotatable bonds is 4. The fourth-order valence-electron chi connectivity index (χ4n) is 3.45. The predicted molar refractivity (Wildman–Crippen MR) is 92.3 cm³/mol. The van der Waals surface area contributed by atoms with Crippen LogP contribution in [0.15, 0.2) is 42.7 Å². The number of fused-ring (bicyclic) bond motifs is 1. The van der Waals surface area contributed by atoms with Gasteiger partial charge in [-0.25, -0.2) is 9.37 Å². The summed E-state index contributed by atoms with van der Waals surface area (Å²) < 4.78 is 13.4. The van der Waals surface area contributed by atoms with Crippen molar-refractivity contribution >= 4 is 16.9 Å². The third-order valence-electron chi connectivity index (χ3n) is 4.73. The number of aromatic nitrogens is 3. The molecule has 1 fully saturated rings. The van der Waals surface area contributed by atoms with Crippen LogP contribution in [-0.4, -0.2) is 32.3 Å². The van der Waals surface area contributed by atoms with E-state index in [9.17, 15) is 9.18 Å². The number of likely N-dealkylation sites (tertiary alicyclic amines) is 1. The fraction of sp³-hybridized carbons (Fsp3) is 0.316. The van der Waals surface area contributed by atoms with Crippen molar-refractivity contribution in [2.45, 2.75) is 31.7 Å². The smallest absolute Gasteiger partial charge is 0.223 e. The number of benzene rings is 1. The predicted octanol–water partition coefficient (Wildman–Crippen LogP) is 3.39. The van der Waals surface area contributed by atoms with E-state index in [1.807, 2.05) is 17.0 Å². The van der Waals surface area contributed by atoms with E-state index >= 15 is 0 Å². The highest BCUT2D eigenvalue weighted by Gasteiger charge is 2.31. The molecule has 1 aliphatic heterocycles. The van der Waals surface area contributed by atoms with E-state index < -0.39 is 0 Å². The van der Waals surface area contributed by atoms with Gasteiger partial charge in [-0.3, -0.25) is 9.78 Å². The number of imidazole rings is 1. The first-order valence-corrected chi connectivity index (χ1v) is 8.54. The number of aromatic amines is 1. The quantitative estimate of drug-likeness (QED) is 0.793. The highest BCUT2D eigenvalue weighted by Crippen LogP contribution is 2.32. The number of hydrogen-bond acceptors (Lipinski definition) is 3. The second-order valence-electron chi connectivity index (χ2n) is 6.38. The molecule has 3 heterocycles. The van der Waals surface area contributed by atoms with Gasteiger partial charge in [0.25, 0.3) is 0 Å². The summed E-state index contributed by atoms with van der Waals surface area (Å²) in [6, 6.07) is 8.32. The normalized spacial score (nSPS) is 17.3. The largest absolute Gasteiger partial charge is 0.340 e. The second kappa shape index (κ2) is 6.63. The lowest BCUT2D eigenvalue weighted by molar-refractivity contribution is -0.132.